The molecule has 3 N–H and O–H groups in total. The number of rotatable bonds is 20. The van der Waals surface area contributed by atoms with Gasteiger partial charge in [0, 0.05) is 6.42 Å². The fraction of sp³-hybridized carbons (Fsp3) is 0.773. The first-order valence-electron chi connectivity index (χ1n) is 10.8. The van der Waals surface area contributed by atoms with Crippen LogP contribution in [-0.2, 0) is 14.4 Å². The molecule has 0 aromatic rings. The summed E-state index contributed by atoms with van der Waals surface area (Å²) in [5.41, 5.74) is 0. The van der Waals surface area contributed by atoms with Crippen LogP contribution in [-0.4, -0.2) is 40.5 Å². The van der Waals surface area contributed by atoms with Crippen LogP contribution < -0.4 is 5.32 Å². The summed E-state index contributed by atoms with van der Waals surface area (Å²) in [7, 11) is 0. The van der Waals surface area contributed by atoms with E-state index in [1.165, 1.54) is 44.9 Å². The van der Waals surface area contributed by atoms with Crippen molar-refractivity contribution in [1.29, 1.82) is 0 Å². The van der Waals surface area contributed by atoms with Crippen molar-refractivity contribution in [2.24, 2.45) is 0 Å². The fourth-order valence-corrected chi connectivity index (χ4v) is 3.04. The Labute approximate surface area is 169 Å². The molecular formula is C22H39NO5. The molecule has 0 aliphatic heterocycles. The van der Waals surface area contributed by atoms with Crippen molar-refractivity contribution >= 4 is 17.7 Å². The van der Waals surface area contributed by atoms with Crippen molar-refractivity contribution in [1.82, 2.24) is 5.32 Å². The first-order valence-corrected chi connectivity index (χ1v) is 10.8. The van der Waals surface area contributed by atoms with Crippen LogP contribution in [0.25, 0.3) is 0 Å². The number of hydrogen-bond donors (Lipinski definition) is 3. The van der Waals surface area contributed by atoms with Gasteiger partial charge in [-0.1, -0.05) is 70.4 Å². The lowest BCUT2D eigenvalue weighted by Crippen LogP contribution is -2.45. The van der Waals surface area contributed by atoms with Crippen molar-refractivity contribution < 1.29 is 24.6 Å². The normalized spacial score (nSPS) is 12.3. The largest absolute Gasteiger partial charge is 0.480 e. The van der Waals surface area contributed by atoms with Crippen molar-refractivity contribution in [3.63, 3.8) is 0 Å². The maximum Gasteiger partial charge on any atom is 0.328 e. The zero-order valence-electron chi connectivity index (χ0n) is 17.5. The molecule has 6 nitrogen and oxygen atoms in total. The Morgan fingerprint density at radius 1 is 0.786 bits per heavy atom. The third-order valence-electron chi connectivity index (χ3n) is 4.71. The van der Waals surface area contributed by atoms with Gasteiger partial charge >= 0.3 is 11.9 Å². The number of carboxylic acids is 2. The van der Waals surface area contributed by atoms with Crippen LogP contribution in [0.2, 0.25) is 0 Å². The van der Waals surface area contributed by atoms with E-state index in [0.29, 0.717) is 6.42 Å². The molecule has 6 heteroatoms. The molecule has 0 saturated carbocycles. The van der Waals surface area contributed by atoms with Crippen LogP contribution in [0.5, 0.6) is 0 Å². The van der Waals surface area contributed by atoms with Gasteiger partial charge in [-0.2, -0.15) is 0 Å². The second-order valence-corrected chi connectivity index (χ2v) is 7.35. The van der Waals surface area contributed by atoms with Gasteiger partial charge in [0.1, 0.15) is 0 Å². The average Bonchev–Trinajstić information content (AvgIpc) is 2.64. The van der Waals surface area contributed by atoms with E-state index in [0.717, 1.165) is 32.1 Å². The molecule has 0 bridgehead atoms. The van der Waals surface area contributed by atoms with E-state index in [1.807, 2.05) is 0 Å². The summed E-state index contributed by atoms with van der Waals surface area (Å²) in [5, 5.41) is 19.8. The number of unbranched alkanes of at least 4 members (excludes halogenated alkanes) is 11. The van der Waals surface area contributed by atoms with E-state index in [2.05, 4.69) is 24.4 Å². The molecule has 162 valence electrons. The quantitative estimate of drug-likeness (QED) is 0.156. The van der Waals surface area contributed by atoms with E-state index in [9.17, 15) is 14.4 Å². The lowest BCUT2D eigenvalue weighted by atomic mass is 10.0. The average molecular weight is 398 g/mol. The van der Waals surface area contributed by atoms with Gasteiger partial charge in [0.15, 0.2) is 11.8 Å². The summed E-state index contributed by atoms with van der Waals surface area (Å²) in [4.78, 5) is 33.4. The second kappa shape index (κ2) is 18.7. The zero-order chi connectivity index (χ0) is 21.0. The lowest BCUT2D eigenvalue weighted by Gasteiger charge is -2.11. The molecule has 0 amide bonds. The third-order valence-corrected chi connectivity index (χ3v) is 4.71. The number of Topliss-reactive ketones (excluding diaryl/α,β-unsaturated/α-hetero) is 1. The van der Waals surface area contributed by atoms with Crippen molar-refractivity contribution in [3.8, 4) is 0 Å². The number of hydrogen-bond acceptors (Lipinski definition) is 4. The summed E-state index contributed by atoms with van der Waals surface area (Å²) in [5.74, 6) is -2.95. The standard InChI is InChI=1S/C22H39NO5/c1-2-3-4-5-6-7-8-9-10-11-12-13-14-15-16-17-19(24)21(22(27)28)23-18-20(25)26/h9-10,21,23H,2-8,11-18H2,1H3,(H,25,26)(H,27,28). The number of carbonyl (C=O) groups is 3. The molecule has 0 radical (unpaired) electrons. The number of nitrogens with one attached hydrogen (secondary N) is 1. The number of allylic oxidation sites excluding steroid dienone is 2. The molecular weight excluding hydrogens is 358 g/mol. The predicted molar refractivity (Wildman–Crippen MR) is 112 cm³/mol. The number of carbonyl (C=O) groups excluding carboxylic acids is 1. The Hall–Kier alpha value is -1.69. The molecule has 0 rings (SSSR count). The topological polar surface area (TPSA) is 104 Å². The summed E-state index contributed by atoms with van der Waals surface area (Å²) in [6, 6.07) is -1.42. The molecule has 0 aromatic heterocycles. The molecule has 0 aliphatic rings. The van der Waals surface area contributed by atoms with E-state index in [1.54, 1.807) is 0 Å². The highest BCUT2D eigenvalue weighted by molar-refractivity contribution is 6.02. The molecule has 0 spiro atoms. The van der Waals surface area contributed by atoms with Gasteiger partial charge in [-0.25, -0.2) is 0 Å². The van der Waals surface area contributed by atoms with Gasteiger partial charge in [0.25, 0.3) is 0 Å². The zero-order valence-corrected chi connectivity index (χ0v) is 17.5. The summed E-state index contributed by atoms with van der Waals surface area (Å²) < 4.78 is 0. The first kappa shape index (κ1) is 26.3. The molecule has 0 fully saturated rings. The highest BCUT2D eigenvalue weighted by Gasteiger charge is 2.25. The summed E-state index contributed by atoms with van der Waals surface area (Å²) in [6.07, 6.45) is 19.8. The van der Waals surface area contributed by atoms with Crippen molar-refractivity contribution in [2.75, 3.05) is 6.54 Å². The van der Waals surface area contributed by atoms with E-state index < -0.39 is 30.3 Å². The minimum absolute atomic E-state index is 0.168. The van der Waals surface area contributed by atoms with Crippen LogP contribution in [0.3, 0.4) is 0 Å². The van der Waals surface area contributed by atoms with Crippen LogP contribution >= 0.6 is 0 Å². The SMILES string of the molecule is CCCCCCCCC=CCCCCCCCC(=O)C(NCC(=O)O)C(=O)O. The van der Waals surface area contributed by atoms with E-state index in [4.69, 9.17) is 10.2 Å². The predicted octanol–water partition coefficient (Wildman–Crippen LogP) is 4.72. The maximum atomic E-state index is 11.9. The molecule has 28 heavy (non-hydrogen) atoms. The molecule has 1 unspecified atom stereocenters. The highest BCUT2D eigenvalue weighted by atomic mass is 16.4. The van der Waals surface area contributed by atoms with Crippen LogP contribution in [0.15, 0.2) is 12.2 Å². The molecule has 0 aromatic carbocycles. The Morgan fingerprint density at radius 2 is 1.29 bits per heavy atom. The Balaban J connectivity index is 3.57. The monoisotopic (exact) mass is 397 g/mol. The highest BCUT2D eigenvalue weighted by Crippen LogP contribution is 2.10. The molecule has 0 aliphatic carbocycles. The Bertz CT molecular complexity index is 462. The molecule has 0 heterocycles. The number of carboxylic acid groups (broad SMARTS) is 2. The van der Waals surface area contributed by atoms with E-state index in [-0.39, 0.29) is 6.42 Å². The fourth-order valence-electron chi connectivity index (χ4n) is 3.04. The van der Waals surface area contributed by atoms with Gasteiger partial charge in [-0.05, 0) is 32.1 Å². The lowest BCUT2D eigenvalue weighted by molar-refractivity contribution is -0.143. The van der Waals surface area contributed by atoms with Gasteiger partial charge in [0.2, 0.25) is 0 Å². The molecule has 1 atom stereocenters. The van der Waals surface area contributed by atoms with Crippen molar-refractivity contribution in [2.45, 2.75) is 103 Å². The van der Waals surface area contributed by atoms with Gasteiger partial charge in [-0.15, -0.1) is 0 Å². The smallest absolute Gasteiger partial charge is 0.328 e. The Morgan fingerprint density at radius 3 is 1.79 bits per heavy atom. The van der Waals surface area contributed by atoms with Gasteiger partial charge in [-0.3, -0.25) is 19.7 Å². The van der Waals surface area contributed by atoms with Crippen LogP contribution in [0, 0.1) is 0 Å². The van der Waals surface area contributed by atoms with E-state index >= 15 is 0 Å². The maximum absolute atomic E-state index is 11.9. The second-order valence-electron chi connectivity index (χ2n) is 7.35. The van der Waals surface area contributed by atoms with Crippen LogP contribution in [0.4, 0.5) is 0 Å². The van der Waals surface area contributed by atoms with Crippen LogP contribution in [0.1, 0.15) is 96.8 Å². The summed E-state index contributed by atoms with van der Waals surface area (Å²) >= 11 is 0. The Kier molecular flexibility index (Phi) is 17.5. The third kappa shape index (κ3) is 16.5. The van der Waals surface area contributed by atoms with Gasteiger partial charge in [0.05, 0.1) is 6.54 Å². The molecule has 0 saturated heterocycles. The van der Waals surface area contributed by atoms with Crippen molar-refractivity contribution in [3.05, 3.63) is 12.2 Å². The number of ketones is 1. The van der Waals surface area contributed by atoms with Gasteiger partial charge < -0.3 is 10.2 Å². The first-order chi connectivity index (χ1) is 13.5. The number of aliphatic carboxylic acids is 2. The minimum Gasteiger partial charge on any atom is -0.480 e. The summed E-state index contributed by atoms with van der Waals surface area (Å²) in [6.45, 7) is 1.70. The minimum atomic E-state index is -1.42.